The fourth-order valence-corrected chi connectivity index (χ4v) is 3.83. The molecule has 0 N–H and O–H groups in total. The zero-order valence-electron chi connectivity index (χ0n) is 15.2. The Morgan fingerprint density at radius 2 is 1.88 bits per heavy atom. The average molecular weight is 348 g/mol. The molecule has 0 unspecified atom stereocenters. The number of hydrogen-bond donors (Lipinski definition) is 0. The molecule has 1 aromatic rings. The third-order valence-electron chi connectivity index (χ3n) is 5.49. The zero-order chi connectivity index (χ0) is 17.8. The lowest BCUT2D eigenvalue weighted by molar-refractivity contribution is -0.137. The molecule has 2 aliphatic rings. The van der Waals surface area contributed by atoms with Crippen LogP contribution in [0.25, 0.3) is 0 Å². The Bertz CT molecular complexity index is 644. The smallest absolute Gasteiger partial charge is 0.268 e. The van der Waals surface area contributed by atoms with Crippen molar-refractivity contribution < 1.29 is 9.53 Å². The Balaban J connectivity index is 1.51. The molecule has 7 heteroatoms. The first-order chi connectivity index (χ1) is 12.1. The van der Waals surface area contributed by atoms with Crippen LogP contribution >= 0.6 is 0 Å². The fourth-order valence-electron chi connectivity index (χ4n) is 3.83. The molecule has 25 heavy (non-hydrogen) atoms. The summed E-state index contributed by atoms with van der Waals surface area (Å²) >= 11 is 0. The van der Waals surface area contributed by atoms with Crippen LogP contribution in [0.1, 0.15) is 25.7 Å². The van der Waals surface area contributed by atoms with Crippen molar-refractivity contribution in [3.8, 4) is 0 Å². The lowest BCUT2D eigenvalue weighted by atomic mass is 9.92. The quantitative estimate of drug-likeness (QED) is 0.808. The van der Waals surface area contributed by atoms with E-state index in [1.807, 2.05) is 4.90 Å². The number of amides is 1. The number of aryl methyl sites for hydroxylation is 1. The predicted octanol–water partition coefficient (Wildman–Crippen LogP) is 0.882. The molecule has 2 saturated heterocycles. The standard InChI is InChI=1S/C18H28N4O3/c1-20-17(23)11-16(12-19-20)21-9-5-15(6-10-21)18(24)22-7-3-14(4-8-22)13-25-2/h11-12,14-15H,3-10,13H2,1-2H3. The molecule has 0 spiro atoms. The van der Waals surface area contributed by atoms with E-state index in [0.717, 1.165) is 64.2 Å². The number of aromatic nitrogens is 2. The number of piperidine rings is 2. The normalized spacial score (nSPS) is 20.1. The third kappa shape index (κ3) is 4.21. The zero-order valence-corrected chi connectivity index (χ0v) is 15.2. The predicted molar refractivity (Wildman–Crippen MR) is 95.6 cm³/mol. The first kappa shape index (κ1) is 17.9. The van der Waals surface area contributed by atoms with Crippen molar-refractivity contribution in [1.29, 1.82) is 0 Å². The van der Waals surface area contributed by atoms with Crippen LogP contribution in [0, 0.1) is 11.8 Å². The van der Waals surface area contributed by atoms with Gasteiger partial charge in [0.2, 0.25) is 5.91 Å². The van der Waals surface area contributed by atoms with Gasteiger partial charge >= 0.3 is 0 Å². The maximum absolute atomic E-state index is 12.8. The van der Waals surface area contributed by atoms with Crippen LogP contribution in [0.15, 0.2) is 17.1 Å². The summed E-state index contributed by atoms with van der Waals surface area (Å²) in [4.78, 5) is 28.7. The molecule has 1 aromatic heterocycles. The van der Waals surface area contributed by atoms with Crippen molar-refractivity contribution in [2.75, 3.05) is 44.8 Å². The summed E-state index contributed by atoms with van der Waals surface area (Å²) < 4.78 is 6.55. The maximum atomic E-state index is 12.8. The second-order valence-corrected chi connectivity index (χ2v) is 7.16. The molecule has 3 heterocycles. The number of likely N-dealkylation sites (tertiary alicyclic amines) is 1. The third-order valence-corrected chi connectivity index (χ3v) is 5.49. The topological polar surface area (TPSA) is 67.7 Å². The lowest BCUT2D eigenvalue weighted by Gasteiger charge is -2.37. The van der Waals surface area contributed by atoms with Gasteiger partial charge in [0.05, 0.1) is 11.9 Å². The SMILES string of the molecule is COCC1CCN(C(=O)C2CCN(c3cnn(C)c(=O)c3)CC2)CC1. The van der Waals surface area contributed by atoms with Crippen molar-refractivity contribution in [3.63, 3.8) is 0 Å². The largest absolute Gasteiger partial charge is 0.384 e. The second-order valence-electron chi connectivity index (χ2n) is 7.16. The van der Waals surface area contributed by atoms with Crippen molar-refractivity contribution in [2.45, 2.75) is 25.7 Å². The molecule has 2 aliphatic heterocycles. The number of methoxy groups -OCH3 is 1. The van der Waals surface area contributed by atoms with Crippen molar-refractivity contribution in [3.05, 3.63) is 22.6 Å². The molecule has 0 atom stereocenters. The van der Waals surface area contributed by atoms with E-state index in [4.69, 9.17) is 4.74 Å². The van der Waals surface area contributed by atoms with Gasteiger partial charge in [0.15, 0.2) is 0 Å². The van der Waals surface area contributed by atoms with E-state index in [-0.39, 0.29) is 11.5 Å². The molecule has 0 aromatic carbocycles. The van der Waals surface area contributed by atoms with Crippen LogP contribution in [0.4, 0.5) is 5.69 Å². The Kier molecular flexibility index (Phi) is 5.73. The molecule has 7 nitrogen and oxygen atoms in total. The Hall–Kier alpha value is -1.89. The summed E-state index contributed by atoms with van der Waals surface area (Å²) in [5.41, 5.74) is 0.754. The van der Waals surface area contributed by atoms with Crippen LogP contribution < -0.4 is 10.5 Å². The van der Waals surface area contributed by atoms with E-state index in [2.05, 4.69) is 10.00 Å². The number of carbonyl (C=O) groups excluding carboxylic acids is 1. The van der Waals surface area contributed by atoms with Gasteiger partial charge in [-0.05, 0) is 31.6 Å². The highest BCUT2D eigenvalue weighted by molar-refractivity contribution is 5.79. The van der Waals surface area contributed by atoms with Crippen molar-refractivity contribution >= 4 is 11.6 Å². The van der Waals surface area contributed by atoms with Crippen LogP contribution in [-0.2, 0) is 16.6 Å². The van der Waals surface area contributed by atoms with E-state index in [1.54, 1.807) is 26.4 Å². The van der Waals surface area contributed by atoms with Crippen molar-refractivity contribution in [2.24, 2.45) is 18.9 Å². The molecule has 0 bridgehead atoms. The molecule has 0 aliphatic carbocycles. The van der Waals surface area contributed by atoms with Crippen LogP contribution in [-0.4, -0.2) is 60.5 Å². The van der Waals surface area contributed by atoms with Crippen molar-refractivity contribution in [1.82, 2.24) is 14.7 Å². The van der Waals surface area contributed by atoms with E-state index in [0.29, 0.717) is 11.8 Å². The van der Waals surface area contributed by atoms with Gasteiger partial charge in [0.25, 0.3) is 5.56 Å². The van der Waals surface area contributed by atoms with Gasteiger partial charge in [-0.2, -0.15) is 5.10 Å². The Morgan fingerprint density at radius 3 is 2.48 bits per heavy atom. The average Bonchev–Trinajstić information content (AvgIpc) is 2.64. The van der Waals surface area contributed by atoms with Gasteiger partial charge in [-0.15, -0.1) is 0 Å². The van der Waals surface area contributed by atoms with Crippen LogP contribution in [0.2, 0.25) is 0 Å². The number of hydrogen-bond acceptors (Lipinski definition) is 5. The lowest BCUT2D eigenvalue weighted by Crippen LogP contribution is -2.46. The van der Waals surface area contributed by atoms with E-state index >= 15 is 0 Å². The van der Waals surface area contributed by atoms with Gasteiger partial charge in [-0.25, -0.2) is 4.68 Å². The fraction of sp³-hybridized carbons (Fsp3) is 0.722. The minimum Gasteiger partial charge on any atom is -0.384 e. The molecular weight excluding hydrogens is 320 g/mol. The highest BCUT2D eigenvalue weighted by Crippen LogP contribution is 2.26. The first-order valence-electron chi connectivity index (χ1n) is 9.14. The maximum Gasteiger partial charge on any atom is 0.268 e. The summed E-state index contributed by atoms with van der Waals surface area (Å²) in [5.74, 6) is 0.997. The second kappa shape index (κ2) is 7.99. The first-order valence-corrected chi connectivity index (χ1v) is 9.14. The summed E-state index contributed by atoms with van der Waals surface area (Å²) in [6.07, 6.45) is 5.48. The summed E-state index contributed by atoms with van der Waals surface area (Å²) in [5, 5.41) is 4.08. The molecule has 0 radical (unpaired) electrons. The molecule has 1 amide bonds. The number of anilines is 1. The minimum absolute atomic E-state index is 0.102. The monoisotopic (exact) mass is 348 g/mol. The molecule has 138 valence electrons. The van der Waals surface area contributed by atoms with E-state index in [9.17, 15) is 9.59 Å². The van der Waals surface area contributed by atoms with Gasteiger partial charge in [0, 0.05) is 58.9 Å². The van der Waals surface area contributed by atoms with Gasteiger partial charge in [-0.3, -0.25) is 9.59 Å². The minimum atomic E-state index is -0.102. The Labute approximate surface area is 148 Å². The number of nitrogens with zero attached hydrogens (tertiary/aromatic N) is 4. The highest BCUT2D eigenvalue weighted by Gasteiger charge is 2.31. The van der Waals surface area contributed by atoms with Crippen LogP contribution in [0.3, 0.4) is 0 Å². The summed E-state index contributed by atoms with van der Waals surface area (Å²) in [6, 6.07) is 1.62. The number of ether oxygens (including phenoxy) is 1. The molecule has 3 rings (SSSR count). The van der Waals surface area contributed by atoms with E-state index in [1.165, 1.54) is 4.68 Å². The van der Waals surface area contributed by atoms with Gasteiger partial charge in [0.1, 0.15) is 0 Å². The van der Waals surface area contributed by atoms with Gasteiger partial charge < -0.3 is 14.5 Å². The van der Waals surface area contributed by atoms with Crippen LogP contribution in [0.5, 0.6) is 0 Å². The van der Waals surface area contributed by atoms with Gasteiger partial charge in [-0.1, -0.05) is 0 Å². The highest BCUT2D eigenvalue weighted by atomic mass is 16.5. The number of rotatable bonds is 4. The summed E-state index contributed by atoms with van der Waals surface area (Å²) in [7, 11) is 3.39. The molecular formula is C18H28N4O3. The van der Waals surface area contributed by atoms with E-state index < -0.39 is 0 Å². The summed E-state index contributed by atoms with van der Waals surface area (Å²) in [6.45, 7) is 4.10. The molecule has 0 saturated carbocycles. The Morgan fingerprint density at radius 1 is 1.20 bits per heavy atom. The number of carbonyl (C=O) groups is 1. The molecule has 2 fully saturated rings.